The Balaban J connectivity index is 0. The molecule has 94 valence electrons. The minimum Gasteiger partial charge on any atom is -0.393 e. The molecular weight excluding hydrogens is 296 g/mol. The molecule has 0 aromatic heterocycles. The van der Waals surface area contributed by atoms with Crippen molar-refractivity contribution in [3.8, 4) is 0 Å². The molecule has 0 saturated heterocycles. The third-order valence-corrected chi connectivity index (χ3v) is 2.55. The third-order valence-electron chi connectivity index (χ3n) is 2.55. The summed E-state index contributed by atoms with van der Waals surface area (Å²) in [6, 6.07) is 10.3. The molecule has 1 N–H and O–H groups in total. The van der Waals surface area contributed by atoms with Crippen LogP contribution in [0.25, 0.3) is 0 Å². The first-order valence-corrected chi connectivity index (χ1v) is 5.42. The van der Waals surface area contributed by atoms with Gasteiger partial charge in [0.25, 0.3) is 6.79 Å². The van der Waals surface area contributed by atoms with Gasteiger partial charge in [0, 0.05) is 21.1 Å². The monoisotopic (exact) mass is 318 g/mol. The van der Waals surface area contributed by atoms with Crippen molar-refractivity contribution in [1.82, 2.24) is 0 Å². The average molecular weight is 316 g/mol. The summed E-state index contributed by atoms with van der Waals surface area (Å²) >= 11 is 0. The first-order valence-electron chi connectivity index (χ1n) is 5.42. The van der Waals surface area contributed by atoms with Crippen molar-refractivity contribution < 1.29 is 31.0 Å². The Morgan fingerprint density at radius 3 is 2.06 bits per heavy atom. The molecule has 0 aliphatic rings. The Bertz CT molecular complexity index is 280. The zero-order valence-electron chi connectivity index (χ0n) is 10.6. The zero-order valence-corrected chi connectivity index (χ0v) is 12.6. The summed E-state index contributed by atoms with van der Waals surface area (Å²) in [4.78, 5) is 7.50. The van der Waals surface area contributed by atoms with Crippen molar-refractivity contribution in [1.29, 1.82) is 0 Å². The quantitative estimate of drug-likeness (QED) is 0.871. The van der Waals surface area contributed by atoms with E-state index in [0.29, 0.717) is 0 Å². The van der Waals surface area contributed by atoms with E-state index in [0.717, 1.165) is 12.8 Å². The summed E-state index contributed by atoms with van der Waals surface area (Å²) in [5.74, 6) is 0. The number of rotatable bonds is 3. The van der Waals surface area contributed by atoms with Crippen molar-refractivity contribution in [2.24, 2.45) is 5.41 Å². The van der Waals surface area contributed by atoms with Crippen LogP contribution in [0, 0.1) is 5.41 Å². The maximum atomic E-state index is 9.85. The topological polar surface area (TPSA) is 37.3 Å². The maximum absolute atomic E-state index is 9.85. The number of hydrogen-bond donors (Lipinski definition) is 1. The molecule has 1 rings (SSSR count). The second-order valence-electron chi connectivity index (χ2n) is 4.91. The molecule has 1 atom stereocenters. The molecule has 2 radical (unpaired) electrons. The summed E-state index contributed by atoms with van der Waals surface area (Å²) in [6.45, 7) is 10.7. The Labute approximate surface area is 119 Å². The molecule has 3 heteroatoms. The van der Waals surface area contributed by atoms with Gasteiger partial charge in [0.1, 0.15) is 0 Å². The molecule has 0 spiro atoms. The first kappa shape index (κ1) is 18.9. The fourth-order valence-electron chi connectivity index (χ4n) is 1.38. The largest absolute Gasteiger partial charge is 0.393 e. The minimum atomic E-state index is -0.220. The summed E-state index contributed by atoms with van der Waals surface area (Å²) in [7, 11) is 0. The Kier molecular flexibility index (Phi) is 10.6. The third kappa shape index (κ3) is 8.29. The van der Waals surface area contributed by atoms with Crippen molar-refractivity contribution in [2.75, 3.05) is 0 Å². The van der Waals surface area contributed by atoms with Crippen molar-refractivity contribution in [2.45, 2.75) is 39.7 Å². The normalized spacial score (nSPS) is 11.8. The number of carbonyl (C=O) groups excluding carboxylic acids is 1. The second kappa shape index (κ2) is 9.56. The van der Waals surface area contributed by atoms with E-state index < -0.39 is 0 Å². The molecule has 0 fully saturated rings. The van der Waals surface area contributed by atoms with E-state index in [1.165, 1.54) is 5.56 Å². The van der Waals surface area contributed by atoms with E-state index in [9.17, 15) is 5.11 Å². The first-order chi connectivity index (χ1) is 7.50. The van der Waals surface area contributed by atoms with Crippen molar-refractivity contribution in [3.05, 3.63) is 35.9 Å². The van der Waals surface area contributed by atoms with Crippen molar-refractivity contribution >= 4 is 6.79 Å². The predicted octanol–water partition coefficient (Wildman–Crippen LogP) is 2.63. The number of aryl methyl sites for hydroxylation is 1. The van der Waals surface area contributed by atoms with Gasteiger partial charge >= 0.3 is 0 Å². The van der Waals surface area contributed by atoms with Crippen molar-refractivity contribution in [3.63, 3.8) is 0 Å². The Morgan fingerprint density at radius 2 is 1.65 bits per heavy atom. The number of benzene rings is 1. The smallest absolute Gasteiger partial charge is 0.281 e. The van der Waals surface area contributed by atoms with Gasteiger partial charge in [-0.3, -0.25) is 4.79 Å². The Hall–Kier alpha value is -0.462. The summed E-state index contributed by atoms with van der Waals surface area (Å²) in [5.41, 5.74) is 1.30. The summed E-state index contributed by atoms with van der Waals surface area (Å²) in [5, 5.41) is 9.85. The molecule has 1 aromatic carbocycles. The molecule has 0 heterocycles. The molecule has 1 aromatic rings. The van der Waals surface area contributed by atoms with Crippen LogP contribution < -0.4 is 0 Å². The molecule has 2 nitrogen and oxygen atoms in total. The molecule has 0 aliphatic heterocycles. The van der Waals surface area contributed by atoms with E-state index in [4.69, 9.17) is 4.79 Å². The van der Waals surface area contributed by atoms with Gasteiger partial charge in [-0.1, -0.05) is 51.1 Å². The summed E-state index contributed by atoms with van der Waals surface area (Å²) in [6.07, 6.45) is 1.58. The van der Waals surface area contributed by atoms with Gasteiger partial charge in [-0.05, 0) is 23.8 Å². The van der Waals surface area contributed by atoms with E-state index in [-0.39, 0.29) is 32.6 Å². The fraction of sp³-hybridized carbons (Fsp3) is 0.500. The fourth-order valence-corrected chi connectivity index (χ4v) is 1.38. The van der Waals surface area contributed by atoms with E-state index >= 15 is 0 Å². The van der Waals surface area contributed by atoms with E-state index in [1.807, 2.05) is 18.2 Å². The number of aliphatic hydroxyl groups is 1. The van der Waals surface area contributed by atoms with Crippen LogP contribution in [0.15, 0.2) is 30.3 Å². The van der Waals surface area contributed by atoms with Gasteiger partial charge in [0.2, 0.25) is 0 Å². The summed E-state index contributed by atoms with van der Waals surface area (Å²) < 4.78 is 0. The molecule has 0 bridgehead atoms. The predicted molar refractivity (Wildman–Crippen MR) is 65.9 cm³/mol. The van der Waals surface area contributed by atoms with E-state index in [2.05, 4.69) is 39.7 Å². The second-order valence-corrected chi connectivity index (χ2v) is 4.91. The molecule has 0 aliphatic carbocycles. The van der Waals surface area contributed by atoms with Crippen LogP contribution in [0.3, 0.4) is 0 Å². The van der Waals surface area contributed by atoms with Crippen LogP contribution in [0.1, 0.15) is 32.8 Å². The van der Waals surface area contributed by atoms with E-state index in [1.54, 1.807) is 0 Å². The molecule has 1 unspecified atom stereocenters. The van der Waals surface area contributed by atoms with Gasteiger partial charge in [-0.15, -0.1) is 0 Å². The van der Waals surface area contributed by atoms with Gasteiger partial charge in [0.05, 0.1) is 6.10 Å². The standard InChI is InChI=1S/C13H20O.CO.Mo/c1-13(2,3)12(14)10-9-11-7-5-4-6-8-11;1-2;/h4-8,12,14H,9-10H2,1-3H3;;. The van der Waals surface area contributed by atoms with Gasteiger partial charge in [-0.25, -0.2) is 0 Å². The number of hydrogen-bond acceptors (Lipinski definition) is 2. The van der Waals surface area contributed by atoms with Crippen LogP contribution in [0.4, 0.5) is 0 Å². The van der Waals surface area contributed by atoms with Gasteiger partial charge < -0.3 is 5.11 Å². The maximum Gasteiger partial charge on any atom is 0.281 e. The zero-order chi connectivity index (χ0) is 12.6. The van der Waals surface area contributed by atoms with Gasteiger partial charge in [-0.2, -0.15) is 0 Å². The number of aliphatic hydroxyl groups excluding tert-OH is 1. The SMILES string of the molecule is CC(C)(C)C(O)CCc1ccccc1.[C]=O.[Mo]. The average Bonchev–Trinajstić information content (AvgIpc) is 2.28. The van der Waals surface area contributed by atoms with Crippen LogP contribution >= 0.6 is 0 Å². The molecule has 0 amide bonds. The van der Waals surface area contributed by atoms with Gasteiger partial charge in [0.15, 0.2) is 0 Å². The Morgan fingerprint density at radius 1 is 1.18 bits per heavy atom. The molecular formula is C14H20MoO2. The molecule has 17 heavy (non-hydrogen) atoms. The van der Waals surface area contributed by atoms with Crippen LogP contribution in [-0.4, -0.2) is 18.0 Å². The molecule has 0 saturated carbocycles. The minimum absolute atomic E-state index is 0. The van der Waals surface area contributed by atoms with Crippen LogP contribution in [0.5, 0.6) is 0 Å². The van der Waals surface area contributed by atoms with Crippen LogP contribution in [0.2, 0.25) is 0 Å². The van der Waals surface area contributed by atoms with Crippen LogP contribution in [-0.2, 0) is 32.3 Å².